The molecular weight excluding hydrogens is 352 g/mol. The molecule has 0 radical (unpaired) electrons. The van der Waals surface area contributed by atoms with Crippen LogP contribution in [-0.4, -0.2) is 56.8 Å². The Balaban J connectivity index is 1.49. The standard InChI is InChI=1S/C22H26N4O2/c1-14(2)16-4-6-17(7-5-16)21(27)26-18-8-9-19(26)13-25(12-18)22(28)20-10-11-23-15(3)24-20/h4-7,10-11,14,18-19H,8-9,12-13H2,1-3H3/t18-,19+. The lowest BCUT2D eigenvalue weighted by Gasteiger charge is -2.41. The van der Waals surface area contributed by atoms with Gasteiger partial charge in [-0.2, -0.15) is 0 Å². The van der Waals surface area contributed by atoms with Crippen molar-refractivity contribution in [1.29, 1.82) is 0 Å². The van der Waals surface area contributed by atoms with E-state index in [1.165, 1.54) is 5.56 Å². The van der Waals surface area contributed by atoms with Crippen molar-refractivity contribution in [2.75, 3.05) is 13.1 Å². The first-order valence-electron chi connectivity index (χ1n) is 9.95. The topological polar surface area (TPSA) is 66.4 Å². The number of amides is 2. The lowest BCUT2D eigenvalue weighted by Crippen LogP contribution is -2.57. The second kappa shape index (κ2) is 7.34. The number of carbonyl (C=O) groups is 2. The highest BCUT2D eigenvalue weighted by molar-refractivity contribution is 5.96. The van der Waals surface area contributed by atoms with Crippen LogP contribution in [0.15, 0.2) is 36.5 Å². The molecule has 2 aliphatic rings. The van der Waals surface area contributed by atoms with Gasteiger partial charge in [0.25, 0.3) is 11.8 Å². The van der Waals surface area contributed by atoms with Crippen LogP contribution in [0.5, 0.6) is 0 Å². The number of aromatic nitrogens is 2. The summed E-state index contributed by atoms with van der Waals surface area (Å²) in [5.41, 5.74) is 2.39. The van der Waals surface area contributed by atoms with Crippen molar-refractivity contribution in [3.8, 4) is 0 Å². The van der Waals surface area contributed by atoms with Crippen molar-refractivity contribution < 1.29 is 9.59 Å². The van der Waals surface area contributed by atoms with E-state index in [2.05, 4.69) is 23.8 Å². The van der Waals surface area contributed by atoms with Gasteiger partial charge in [-0.05, 0) is 49.4 Å². The van der Waals surface area contributed by atoms with Crippen LogP contribution in [-0.2, 0) is 0 Å². The minimum Gasteiger partial charge on any atom is -0.333 e. The molecule has 1 aromatic carbocycles. The molecule has 2 fully saturated rings. The third-order valence-electron chi connectivity index (χ3n) is 5.82. The zero-order chi connectivity index (χ0) is 19.8. The summed E-state index contributed by atoms with van der Waals surface area (Å²) in [5, 5.41) is 0. The van der Waals surface area contributed by atoms with Gasteiger partial charge in [-0.1, -0.05) is 26.0 Å². The lowest BCUT2D eigenvalue weighted by molar-refractivity contribution is 0.0357. The Hall–Kier alpha value is -2.76. The van der Waals surface area contributed by atoms with Crippen molar-refractivity contribution in [1.82, 2.24) is 19.8 Å². The summed E-state index contributed by atoms with van der Waals surface area (Å²) >= 11 is 0. The minimum absolute atomic E-state index is 0.0721. The van der Waals surface area contributed by atoms with Gasteiger partial charge in [0.15, 0.2) is 0 Å². The Labute approximate surface area is 165 Å². The fourth-order valence-electron chi connectivity index (χ4n) is 4.30. The molecule has 0 saturated carbocycles. The van der Waals surface area contributed by atoms with Gasteiger partial charge < -0.3 is 9.80 Å². The maximum Gasteiger partial charge on any atom is 0.272 e. The third-order valence-corrected chi connectivity index (χ3v) is 5.82. The van der Waals surface area contributed by atoms with Crippen molar-refractivity contribution in [2.45, 2.75) is 51.6 Å². The van der Waals surface area contributed by atoms with Crippen LogP contribution in [0, 0.1) is 6.92 Å². The average molecular weight is 378 g/mol. The molecule has 146 valence electrons. The fourth-order valence-corrected chi connectivity index (χ4v) is 4.30. The predicted molar refractivity (Wildman–Crippen MR) is 106 cm³/mol. The van der Waals surface area contributed by atoms with Gasteiger partial charge in [-0.15, -0.1) is 0 Å². The molecule has 1 aromatic heterocycles. The maximum atomic E-state index is 13.1. The molecule has 2 saturated heterocycles. The van der Waals surface area contributed by atoms with E-state index >= 15 is 0 Å². The molecule has 3 heterocycles. The zero-order valence-corrected chi connectivity index (χ0v) is 16.6. The van der Waals surface area contributed by atoms with E-state index in [1.54, 1.807) is 19.2 Å². The minimum atomic E-state index is -0.0733. The Bertz CT molecular complexity index is 880. The highest BCUT2D eigenvalue weighted by Crippen LogP contribution is 2.32. The monoisotopic (exact) mass is 378 g/mol. The number of rotatable bonds is 3. The molecule has 2 amide bonds. The van der Waals surface area contributed by atoms with Crippen LogP contribution in [0.2, 0.25) is 0 Å². The Morgan fingerprint density at radius 1 is 1.00 bits per heavy atom. The largest absolute Gasteiger partial charge is 0.333 e. The predicted octanol–water partition coefficient (Wildman–Crippen LogP) is 3.04. The molecule has 0 N–H and O–H groups in total. The summed E-state index contributed by atoms with van der Waals surface area (Å²) in [6, 6.07) is 9.74. The summed E-state index contributed by atoms with van der Waals surface area (Å²) in [6.07, 6.45) is 3.49. The Kier molecular flexibility index (Phi) is 4.87. The lowest BCUT2D eigenvalue weighted by atomic mass is 10.0. The highest BCUT2D eigenvalue weighted by atomic mass is 16.2. The van der Waals surface area contributed by atoms with Gasteiger partial charge in [0.05, 0.1) is 12.1 Å². The third kappa shape index (κ3) is 3.39. The van der Waals surface area contributed by atoms with Crippen LogP contribution in [0.4, 0.5) is 0 Å². The molecule has 28 heavy (non-hydrogen) atoms. The number of nitrogens with zero attached hydrogens (tertiary/aromatic N) is 4. The molecule has 6 nitrogen and oxygen atoms in total. The molecule has 4 rings (SSSR count). The fraction of sp³-hybridized carbons (Fsp3) is 0.455. The van der Waals surface area contributed by atoms with Crippen molar-refractivity contribution in [3.05, 3.63) is 59.2 Å². The first-order chi connectivity index (χ1) is 13.4. The Morgan fingerprint density at radius 2 is 1.64 bits per heavy atom. The van der Waals surface area contributed by atoms with Crippen LogP contribution in [0.1, 0.15) is 64.8 Å². The van der Waals surface area contributed by atoms with Crippen molar-refractivity contribution in [3.63, 3.8) is 0 Å². The van der Waals surface area contributed by atoms with Gasteiger partial charge in [0.1, 0.15) is 11.5 Å². The number of aryl methyl sites for hydroxylation is 1. The van der Waals surface area contributed by atoms with Crippen molar-refractivity contribution in [2.24, 2.45) is 0 Å². The summed E-state index contributed by atoms with van der Waals surface area (Å²) < 4.78 is 0. The molecule has 0 spiro atoms. The number of hydrogen-bond donors (Lipinski definition) is 0. The molecule has 2 atom stereocenters. The molecule has 2 bridgehead atoms. The maximum absolute atomic E-state index is 13.1. The summed E-state index contributed by atoms with van der Waals surface area (Å²) in [4.78, 5) is 38.1. The smallest absolute Gasteiger partial charge is 0.272 e. The van der Waals surface area contributed by atoms with Gasteiger partial charge in [0.2, 0.25) is 0 Å². The van der Waals surface area contributed by atoms with E-state index in [1.807, 2.05) is 34.1 Å². The summed E-state index contributed by atoms with van der Waals surface area (Å²) in [6.45, 7) is 7.20. The zero-order valence-electron chi connectivity index (χ0n) is 16.6. The van der Waals surface area contributed by atoms with Crippen LogP contribution in [0.25, 0.3) is 0 Å². The first-order valence-corrected chi connectivity index (χ1v) is 9.95. The number of carbonyl (C=O) groups excluding carboxylic acids is 2. The number of hydrogen-bond acceptors (Lipinski definition) is 4. The molecule has 2 aromatic rings. The van der Waals surface area contributed by atoms with E-state index in [0.29, 0.717) is 30.5 Å². The first kappa shape index (κ1) is 18.6. The average Bonchev–Trinajstić information content (AvgIpc) is 2.96. The number of likely N-dealkylation sites (tertiary alicyclic amines) is 1. The van der Waals surface area contributed by atoms with Gasteiger partial charge in [-0.25, -0.2) is 9.97 Å². The Morgan fingerprint density at radius 3 is 2.21 bits per heavy atom. The second-order valence-corrected chi connectivity index (χ2v) is 8.07. The van der Waals surface area contributed by atoms with E-state index < -0.39 is 0 Å². The van der Waals surface area contributed by atoms with Crippen LogP contribution < -0.4 is 0 Å². The molecule has 0 unspecified atom stereocenters. The number of piperazine rings is 1. The SMILES string of the molecule is Cc1nccc(C(=O)N2C[C@H]3CC[C@@H](C2)N3C(=O)c2ccc(C(C)C)cc2)n1. The van der Waals surface area contributed by atoms with E-state index in [4.69, 9.17) is 0 Å². The highest BCUT2D eigenvalue weighted by Gasteiger charge is 2.44. The van der Waals surface area contributed by atoms with E-state index in [0.717, 1.165) is 18.4 Å². The quantitative estimate of drug-likeness (QED) is 0.823. The molecule has 6 heteroatoms. The van der Waals surface area contributed by atoms with Gasteiger partial charge >= 0.3 is 0 Å². The molecular formula is C22H26N4O2. The summed E-state index contributed by atoms with van der Waals surface area (Å²) in [7, 11) is 0. The van der Waals surface area contributed by atoms with Gasteiger partial charge in [0, 0.05) is 24.8 Å². The summed E-state index contributed by atoms with van der Waals surface area (Å²) in [5.74, 6) is 1.04. The number of fused-ring (bicyclic) bond motifs is 2. The second-order valence-electron chi connectivity index (χ2n) is 8.07. The van der Waals surface area contributed by atoms with Crippen LogP contribution in [0.3, 0.4) is 0 Å². The van der Waals surface area contributed by atoms with Gasteiger partial charge in [-0.3, -0.25) is 9.59 Å². The van der Waals surface area contributed by atoms with Crippen LogP contribution >= 0.6 is 0 Å². The molecule has 0 aliphatic carbocycles. The number of benzene rings is 1. The van der Waals surface area contributed by atoms with E-state index in [9.17, 15) is 9.59 Å². The van der Waals surface area contributed by atoms with Crippen molar-refractivity contribution >= 4 is 11.8 Å². The normalized spacial score (nSPS) is 21.3. The molecule has 2 aliphatic heterocycles. The van der Waals surface area contributed by atoms with E-state index in [-0.39, 0.29) is 23.9 Å².